The number of ether oxygens (including phenoxy) is 1. The molecule has 0 rings (SSSR count). The average Bonchev–Trinajstić information content (AvgIpc) is 2.31. The monoisotopic (exact) mass is 297 g/mol. The minimum Gasteiger partial charge on any atom is -0.396 e. The molecule has 20 heavy (non-hydrogen) atoms. The minimum atomic E-state index is -0.177. The van der Waals surface area contributed by atoms with Crippen LogP contribution in [0.3, 0.4) is 0 Å². The predicted molar refractivity (Wildman–Crippen MR) is 84.9 cm³/mol. The molecule has 0 atom stereocenters. The van der Waals surface area contributed by atoms with Crippen LogP contribution in [0, 0.1) is 0 Å². The van der Waals surface area contributed by atoms with Crippen LogP contribution in [-0.2, 0) is 19.1 Å². The lowest BCUT2D eigenvalue weighted by molar-refractivity contribution is -0.122. The van der Waals surface area contributed by atoms with E-state index in [-0.39, 0.29) is 48.6 Å². The topological polar surface area (TPSA) is 92.7 Å². The zero-order valence-corrected chi connectivity index (χ0v) is 9.31. The summed E-state index contributed by atoms with van der Waals surface area (Å²) in [6, 6.07) is 0. The van der Waals surface area contributed by atoms with E-state index >= 15 is 0 Å². The Kier molecular flexibility index (Phi) is 65.5. The molecule has 0 spiro atoms. The second-order valence-corrected chi connectivity index (χ2v) is 2.74. The van der Waals surface area contributed by atoms with E-state index in [9.17, 15) is 9.59 Å². The SMILES string of the molecule is C.C.C.C.C=O.O=CCCCOCCNC(=O)CCO. The van der Waals surface area contributed by atoms with Gasteiger partial charge in [-0.15, -0.1) is 0 Å². The first kappa shape index (κ1) is 36.3. The van der Waals surface area contributed by atoms with Crippen LogP contribution >= 0.6 is 0 Å². The molecule has 0 aromatic carbocycles. The van der Waals surface area contributed by atoms with Crippen LogP contribution in [0.15, 0.2) is 0 Å². The largest absolute Gasteiger partial charge is 0.396 e. The van der Waals surface area contributed by atoms with Crippen molar-refractivity contribution in [2.45, 2.75) is 49.0 Å². The Hall–Kier alpha value is -1.27. The first-order chi connectivity index (χ1) is 7.81. The Labute approximate surface area is 124 Å². The van der Waals surface area contributed by atoms with Crippen molar-refractivity contribution in [2.24, 2.45) is 0 Å². The molecule has 6 nitrogen and oxygen atoms in total. The van der Waals surface area contributed by atoms with E-state index < -0.39 is 0 Å². The van der Waals surface area contributed by atoms with Gasteiger partial charge in [-0.2, -0.15) is 0 Å². The molecule has 0 bridgehead atoms. The summed E-state index contributed by atoms with van der Waals surface area (Å²) in [7, 11) is 0. The highest BCUT2D eigenvalue weighted by molar-refractivity contribution is 5.75. The normalized spacial score (nSPS) is 7.05. The minimum absolute atomic E-state index is 0. The lowest BCUT2D eigenvalue weighted by Crippen LogP contribution is -2.27. The molecule has 0 aliphatic rings. The number of hydrogen-bond acceptors (Lipinski definition) is 5. The van der Waals surface area contributed by atoms with Gasteiger partial charge in [0.1, 0.15) is 13.1 Å². The number of amides is 1. The van der Waals surface area contributed by atoms with Crippen molar-refractivity contribution in [3.63, 3.8) is 0 Å². The molecule has 0 saturated carbocycles. The van der Waals surface area contributed by atoms with Gasteiger partial charge in [0.2, 0.25) is 5.91 Å². The lowest BCUT2D eigenvalue weighted by Gasteiger charge is -2.04. The summed E-state index contributed by atoms with van der Waals surface area (Å²) in [5.74, 6) is -0.177. The fraction of sp³-hybridized carbons (Fsp3) is 0.786. The van der Waals surface area contributed by atoms with Crippen molar-refractivity contribution in [3.05, 3.63) is 0 Å². The Morgan fingerprint density at radius 3 is 2.15 bits per heavy atom. The van der Waals surface area contributed by atoms with Gasteiger partial charge in [-0.25, -0.2) is 0 Å². The van der Waals surface area contributed by atoms with Gasteiger partial charge in [0, 0.05) is 26.0 Å². The zero-order valence-electron chi connectivity index (χ0n) is 9.31. The molecular weight excluding hydrogens is 262 g/mol. The molecule has 0 fully saturated rings. The quantitative estimate of drug-likeness (QED) is 0.500. The van der Waals surface area contributed by atoms with E-state index in [0.29, 0.717) is 32.6 Å². The molecule has 0 radical (unpaired) electrons. The van der Waals surface area contributed by atoms with Crippen LogP contribution in [0.2, 0.25) is 0 Å². The van der Waals surface area contributed by atoms with E-state index in [1.165, 1.54) is 0 Å². The molecule has 0 heterocycles. The Morgan fingerprint density at radius 2 is 1.70 bits per heavy atom. The van der Waals surface area contributed by atoms with Crippen LogP contribution in [0.4, 0.5) is 0 Å². The second-order valence-electron chi connectivity index (χ2n) is 2.74. The number of aliphatic hydroxyl groups excluding tert-OH is 1. The summed E-state index contributed by atoms with van der Waals surface area (Å²) in [6.07, 6.45) is 2.21. The Balaban J connectivity index is -0.0000000778. The van der Waals surface area contributed by atoms with Crippen LogP contribution in [0.25, 0.3) is 0 Å². The van der Waals surface area contributed by atoms with Gasteiger partial charge >= 0.3 is 0 Å². The van der Waals surface area contributed by atoms with Gasteiger partial charge in [0.05, 0.1) is 13.2 Å². The second kappa shape index (κ2) is 36.1. The average molecular weight is 297 g/mol. The third kappa shape index (κ3) is 36.0. The highest BCUT2D eigenvalue weighted by Gasteiger charge is 1.97. The number of aliphatic hydroxyl groups is 1. The molecule has 0 saturated heterocycles. The van der Waals surface area contributed by atoms with Crippen LogP contribution in [0.1, 0.15) is 49.0 Å². The van der Waals surface area contributed by atoms with E-state index in [1.54, 1.807) is 0 Å². The maximum absolute atomic E-state index is 10.8. The summed E-state index contributed by atoms with van der Waals surface area (Å²) < 4.78 is 5.13. The van der Waals surface area contributed by atoms with E-state index in [0.717, 1.165) is 6.29 Å². The molecule has 0 aromatic rings. The van der Waals surface area contributed by atoms with Crippen LogP contribution in [-0.4, -0.2) is 50.5 Å². The van der Waals surface area contributed by atoms with Crippen molar-refractivity contribution in [2.75, 3.05) is 26.4 Å². The zero-order chi connectivity index (χ0) is 12.6. The van der Waals surface area contributed by atoms with Crippen molar-refractivity contribution < 1.29 is 24.2 Å². The smallest absolute Gasteiger partial charge is 0.222 e. The Bertz CT molecular complexity index is 177. The molecule has 2 N–H and O–H groups in total. The molecule has 6 heteroatoms. The molecule has 0 aliphatic heterocycles. The van der Waals surface area contributed by atoms with E-state index in [4.69, 9.17) is 14.6 Å². The fourth-order valence-corrected chi connectivity index (χ4v) is 0.823. The number of hydrogen-bond donors (Lipinski definition) is 2. The summed E-state index contributed by atoms with van der Waals surface area (Å²) in [4.78, 5) is 28.7. The standard InChI is InChI=1S/C9H17NO4.CH2O.4CH4/c11-5-1-2-7-14-8-4-10-9(13)3-6-12;1-2;;;;/h5,12H,1-4,6-8H2,(H,10,13);1H2;4*1H4. The summed E-state index contributed by atoms with van der Waals surface area (Å²) in [5, 5.41) is 11.0. The van der Waals surface area contributed by atoms with Gasteiger partial charge in [0.15, 0.2) is 0 Å². The summed E-state index contributed by atoms with van der Waals surface area (Å²) in [6.45, 7) is 3.29. The fourth-order valence-electron chi connectivity index (χ4n) is 0.823. The van der Waals surface area contributed by atoms with Crippen molar-refractivity contribution in [1.29, 1.82) is 0 Å². The van der Waals surface area contributed by atoms with Crippen LogP contribution < -0.4 is 5.32 Å². The van der Waals surface area contributed by atoms with Crippen molar-refractivity contribution in [1.82, 2.24) is 5.32 Å². The number of unbranched alkanes of at least 4 members (excludes halogenated alkanes) is 1. The van der Waals surface area contributed by atoms with Crippen LogP contribution in [0.5, 0.6) is 0 Å². The third-order valence-corrected chi connectivity index (χ3v) is 1.52. The van der Waals surface area contributed by atoms with E-state index in [2.05, 4.69) is 5.32 Å². The molecule has 0 aliphatic carbocycles. The maximum atomic E-state index is 10.8. The number of nitrogens with one attached hydrogen (secondary N) is 1. The highest BCUT2D eigenvalue weighted by atomic mass is 16.5. The van der Waals surface area contributed by atoms with Gasteiger partial charge in [-0.1, -0.05) is 29.7 Å². The summed E-state index contributed by atoms with van der Waals surface area (Å²) in [5.41, 5.74) is 0. The lowest BCUT2D eigenvalue weighted by atomic mass is 10.3. The number of carbonyl (C=O) groups is 3. The van der Waals surface area contributed by atoms with Gasteiger partial charge in [0.25, 0.3) is 0 Å². The summed E-state index contributed by atoms with van der Waals surface area (Å²) >= 11 is 0. The Morgan fingerprint density at radius 1 is 1.15 bits per heavy atom. The molecule has 126 valence electrons. The number of aldehydes is 1. The molecular formula is C14H35NO5. The molecule has 0 aromatic heterocycles. The van der Waals surface area contributed by atoms with Crippen molar-refractivity contribution in [3.8, 4) is 0 Å². The molecule has 1 amide bonds. The highest BCUT2D eigenvalue weighted by Crippen LogP contribution is 1.85. The first-order valence-corrected chi connectivity index (χ1v) is 4.99. The van der Waals surface area contributed by atoms with Gasteiger partial charge in [-0.3, -0.25) is 4.79 Å². The van der Waals surface area contributed by atoms with Gasteiger partial charge < -0.3 is 24.7 Å². The van der Waals surface area contributed by atoms with Crippen molar-refractivity contribution >= 4 is 19.0 Å². The number of rotatable bonds is 9. The first-order valence-electron chi connectivity index (χ1n) is 4.99. The van der Waals surface area contributed by atoms with E-state index in [1.807, 2.05) is 6.79 Å². The molecule has 0 unspecified atom stereocenters. The maximum Gasteiger partial charge on any atom is 0.222 e. The predicted octanol–water partition coefficient (Wildman–Crippen LogP) is 1.84. The number of carbonyl (C=O) groups excluding carboxylic acids is 3. The third-order valence-electron chi connectivity index (χ3n) is 1.52. The van der Waals surface area contributed by atoms with Gasteiger partial charge in [-0.05, 0) is 6.42 Å².